The summed E-state index contributed by atoms with van der Waals surface area (Å²) >= 11 is 0. The van der Waals surface area contributed by atoms with Gasteiger partial charge in [-0.25, -0.2) is 0 Å². The van der Waals surface area contributed by atoms with Crippen molar-refractivity contribution in [2.45, 2.75) is 77.8 Å². The van der Waals surface area contributed by atoms with Gasteiger partial charge in [0.1, 0.15) is 0 Å². The van der Waals surface area contributed by atoms with Crippen LogP contribution in [0.25, 0.3) is 0 Å². The monoisotopic (exact) mass is 309 g/mol. The number of piperidine rings is 1. The van der Waals surface area contributed by atoms with E-state index in [1.54, 1.807) is 0 Å². The molecule has 0 aromatic heterocycles. The molecule has 0 spiro atoms. The van der Waals surface area contributed by atoms with Gasteiger partial charge in [0.2, 0.25) is 5.91 Å². The maximum atomic E-state index is 11.3. The van der Waals surface area contributed by atoms with E-state index in [1.807, 2.05) is 0 Å². The molecule has 2 aliphatic rings. The van der Waals surface area contributed by atoms with Gasteiger partial charge in [0, 0.05) is 25.2 Å². The lowest BCUT2D eigenvalue weighted by Crippen LogP contribution is -2.54. The van der Waals surface area contributed by atoms with Crippen molar-refractivity contribution in [2.75, 3.05) is 19.6 Å². The Morgan fingerprint density at radius 2 is 1.82 bits per heavy atom. The zero-order valence-corrected chi connectivity index (χ0v) is 14.7. The van der Waals surface area contributed by atoms with Crippen molar-refractivity contribution in [2.24, 2.45) is 17.1 Å². The molecule has 3 N–H and O–H groups in total. The first-order valence-electron chi connectivity index (χ1n) is 9.08. The van der Waals surface area contributed by atoms with Crippen molar-refractivity contribution >= 4 is 5.91 Å². The van der Waals surface area contributed by atoms with Crippen molar-refractivity contribution in [3.63, 3.8) is 0 Å². The number of likely N-dealkylation sites (tertiary alicyclic amines) is 1. The summed E-state index contributed by atoms with van der Waals surface area (Å²) in [6.07, 6.45) is 9.20. The molecule has 1 aliphatic heterocycles. The molecule has 4 heteroatoms. The third kappa shape index (κ3) is 6.25. The lowest BCUT2D eigenvalue weighted by Gasteiger charge is -2.41. The third-order valence-corrected chi connectivity index (χ3v) is 4.97. The molecule has 2 fully saturated rings. The Labute approximate surface area is 136 Å². The fourth-order valence-corrected chi connectivity index (χ4v) is 4.39. The number of nitrogens with zero attached hydrogens (tertiary/aromatic N) is 1. The predicted octanol–water partition coefficient (Wildman–Crippen LogP) is 2.52. The Morgan fingerprint density at radius 3 is 2.41 bits per heavy atom. The lowest BCUT2D eigenvalue weighted by atomic mass is 9.79. The summed E-state index contributed by atoms with van der Waals surface area (Å²) in [6, 6.07) is 1.20. The summed E-state index contributed by atoms with van der Waals surface area (Å²) < 4.78 is 0. The summed E-state index contributed by atoms with van der Waals surface area (Å²) in [7, 11) is 0. The number of nitrogens with two attached hydrogens (primary N) is 1. The average Bonchev–Trinajstić information content (AvgIpc) is 2.36. The zero-order valence-electron chi connectivity index (χ0n) is 14.7. The van der Waals surface area contributed by atoms with Crippen LogP contribution in [0.4, 0.5) is 0 Å². The number of hydrogen-bond donors (Lipinski definition) is 2. The second-order valence-corrected chi connectivity index (χ2v) is 8.73. The fourth-order valence-electron chi connectivity index (χ4n) is 4.39. The fraction of sp³-hybridized carbons (Fsp3) is 0.944. The van der Waals surface area contributed by atoms with Crippen LogP contribution in [0, 0.1) is 11.3 Å². The summed E-state index contributed by atoms with van der Waals surface area (Å²) in [5.41, 5.74) is 5.77. The van der Waals surface area contributed by atoms with Gasteiger partial charge in [0.15, 0.2) is 0 Å². The minimum absolute atomic E-state index is 0.201. The molecule has 0 bridgehead atoms. The van der Waals surface area contributed by atoms with E-state index in [-0.39, 0.29) is 5.91 Å². The zero-order chi connectivity index (χ0) is 16.2. The first-order chi connectivity index (χ1) is 10.3. The van der Waals surface area contributed by atoms with Crippen molar-refractivity contribution in [1.29, 1.82) is 0 Å². The molecular weight excluding hydrogens is 274 g/mol. The number of carbonyl (C=O) groups excluding carboxylic acids is 1. The molecule has 2 atom stereocenters. The molecule has 0 radical (unpaired) electrons. The highest BCUT2D eigenvalue weighted by Crippen LogP contribution is 2.31. The largest absolute Gasteiger partial charge is 0.369 e. The van der Waals surface area contributed by atoms with Crippen LogP contribution in [-0.2, 0) is 4.79 Å². The van der Waals surface area contributed by atoms with Crippen LogP contribution in [0.1, 0.15) is 65.7 Å². The van der Waals surface area contributed by atoms with Crippen LogP contribution in [-0.4, -0.2) is 42.5 Å². The summed E-state index contributed by atoms with van der Waals surface area (Å²) in [4.78, 5) is 13.6. The number of nitrogens with one attached hydrogen (secondary N) is 1. The van der Waals surface area contributed by atoms with Gasteiger partial charge in [0.25, 0.3) is 0 Å². The van der Waals surface area contributed by atoms with E-state index < -0.39 is 0 Å². The molecular formula is C18H35N3O. The molecule has 4 nitrogen and oxygen atoms in total. The van der Waals surface area contributed by atoms with Gasteiger partial charge >= 0.3 is 0 Å². The molecule has 1 amide bonds. The van der Waals surface area contributed by atoms with E-state index >= 15 is 0 Å². The van der Waals surface area contributed by atoms with Gasteiger partial charge < -0.3 is 11.1 Å². The molecule has 2 unspecified atom stereocenters. The standard InChI is InChI=1S/C18H35N3O/c1-18(2,3)10-14-9-16(12-21(11-14)13-17(19)22)20-15-7-5-4-6-8-15/h14-16,20H,4-13H2,1-3H3,(H2,19,22). The average molecular weight is 309 g/mol. The maximum Gasteiger partial charge on any atom is 0.231 e. The highest BCUT2D eigenvalue weighted by atomic mass is 16.1. The van der Waals surface area contributed by atoms with E-state index in [0.717, 1.165) is 13.1 Å². The van der Waals surface area contributed by atoms with Crippen LogP contribution in [0.15, 0.2) is 0 Å². The second-order valence-electron chi connectivity index (χ2n) is 8.73. The Kier molecular flexibility index (Phi) is 6.27. The number of rotatable bonds is 5. The number of primary amides is 1. The Bertz CT molecular complexity index is 358. The number of hydrogen-bond acceptors (Lipinski definition) is 3. The third-order valence-electron chi connectivity index (χ3n) is 4.97. The van der Waals surface area contributed by atoms with Crippen molar-refractivity contribution in [3.05, 3.63) is 0 Å². The quantitative estimate of drug-likeness (QED) is 0.820. The van der Waals surface area contributed by atoms with E-state index in [9.17, 15) is 4.79 Å². The predicted molar refractivity (Wildman–Crippen MR) is 91.6 cm³/mol. The van der Waals surface area contributed by atoms with Crippen molar-refractivity contribution in [1.82, 2.24) is 10.2 Å². The summed E-state index contributed by atoms with van der Waals surface area (Å²) in [6.45, 7) is 9.32. The smallest absolute Gasteiger partial charge is 0.231 e. The maximum absolute atomic E-state index is 11.3. The van der Waals surface area contributed by atoms with Gasteiger partial charge in [-0.15, -0.1) is 0 Å². The van der Waals surface area contributed by atoms with Gasteiger partial charge in [-0.3, -0.25) is 9.69 Å². The normalized spacial score (nSPS) is 28.7. The van der Waals surface area contributed by atoms with Crippen molar-refractivity contribution < 1.29 is 4.79 Å². The molecule has 1 saturated heterocycles. The van der Waals surface area contributed by atoms with Gasteiger partial charge in [0.05, 0.1) is 6.54 Å². The lowest BCUT2D eigenvalue weighted by molar-refractivity contribution is -0.119. The van der Waals surface area contributed by atoms with Crippen LogP contribution < -0.4 is 11.1 Å². The minimum Gasteiger partial charge on any atom is -0.369 e. The Balaban J connectivity index is 1.93. The van der Waals surface area contributed by atoms with E-state index in [2.05, 4.69) is 31.0 Å². The Morgan fingerprint density at radius 1 is 1.14 bits per heavy atom. The highest BCUT2D eigenvalue weighted by Gasteiger charge is 2.31. The van der Waals surface area contributed by atoms with Gasteiger partial charge in [-0.05, 0) is 37.0 Å². The van der Waals surface area contributed by atoms with Crippen LogP contribution in [0.5, 0.6) is 0 Å². The molecule has 1 heterocycles. The Hall–Kier alpha value is -0.610. The van der Waals surface area contributed by atoms with Gasteiger partial charge in [-0.1, -0.05) is 40.0 Å². The van der Waals surface area contributed by atoms with Gasteiger partial charge in [-0.2, -0.15) is 0 Å². The van der Waals surface area contributed by atoms with E-state index in [0.29, 0.717) is 30.0 Å². The molecule has 0 aromatic rings. The molecule has 0 aromatic carbocycles. The summed E-state index contributed by atoms with van der Waals surface area (Å²) in [5.74, 6) is 0.460. The first kappa shape index (κ1) is 17.7. The molecule has 2 rings (SSSR count). The molecule has 22 heavy (non-hydrogen) atoms. The van der Waals surface area contributed by atoms with Crippen LogP contribution in [0.3, 0.4) is 0 Å². The topological polar surface area (TPSA) is 58.4 Å². The van der Waals surface area contributed by atoms with Crippen LogP contribution in [0.2, 0.25) is 0 Å². The molecule has 1 saturated carbocycles. The molecule has 1 aliphatic carbocycles. The van der Waals surface area contributed by atoms with Crippen molar-refractivity contribution in [3.8, 4) is 0 Å². The van der Waals surface area contributed by atoms with E-state index in [4.69, 9.17) is 5.73 Å². The van der Waals surface area contributed by atoms with Crippen LogP contribution >= 0.6 is 0 Å². The highest BCUT2D eigenvalue weighted by molar-refractivity contribution is 5.75. The molecule has 128 valence electrons. The van der Waals surface area contributed by atoms with E-state index in [1.165, 1.54) is 44.9 Å². The number of amides is 1. The first-order valence-corrected chi connectivity index (χ1v) is 9.08. The number of carbonyl (C=O) groups is 1. The summed E-state index contributed by atoms with van der Waals surface area (Å²) in [5, 5.41) is 3.88. The second kappa shape index (κ2) is 7.78. The SMILES string of the molecule is CC(C)(C)CC1CC(NC2CCCCC2)CN(CC(N)=O)C1. The minimum atomic E-state index is -0.201.